The zero-order valence-electron chi connectivity index (χ0n) is 10.9. The van der Waals surface area contributed by atoms with Gasteiger partial charge in [0.25, 0.3) is 0 Å². The summed E-state index contributed by atoms with van der Waals surface area (Å²) in [6.07, 6.45) is 2.54. The Kier molecular flexibility index (Phi) is 4.93. The Morgan fingerprint density at radius 1 is 1.21 bits per heavy atom. The summed E-state index contributed by atoms with van der Waals surface area (Å²) in [5.41, 5.74) is 0.484. The van der Waals surface area contributed by atoms with Gasteiger partial charge in [-0.1, -0.05) is 18.2 Å². The zero-order chi connectivity index (χ0) is 13.7. The summed E-state index contributed by atoms with van der Waals surface area (Å²) in [6, 6.07) is 6.38. The van der Waals surface area contributed by atoms with Crippen LogP contribution >= 0.6 is 0 Å². The standard InChI is InChI=1S/C14H20FNO2S/c15-14-6-2-1-4-12(14)8-11-19(17,18)13-5-3-9-16-10-7-13/h1-2,4,6,13,16H,3,5,7-11H2. The maximum Gasteiger partial charge on any atom is 0.153 e. The first-order chi connectivity index (χ1) is 9.09. The predicted octanol–water partition coefficient (Wildman–Crippen LogP) is 1.93. The fourth-order valence-electron chi connectivity index (χ4n) is 2.47. The van der Waals surface area contributed by atoms with Gasteiger partial charge in [-0.25, -0.2) is 12.8 Å². The van der Waals surface area contributed by atoms with Crippen LogP contribution in [0.2, 0.25) is 0 Å². The van der Waals surface area contributed by atoms with Crippen LogP contribution in [0.15, 0.2) is 24.3 Å². The molecule has 0 spiro atoms. The second kappa shape index (κ2) is 6.48. The van der Waals surface area contributed by atoms with Crippen molar-refractivity contribution in [1.29, 1.82) is 0 Å². The van der Waals surface area contributed by atoms with Crippen LogP contribution in [0.4, 0.5) is 4.39 Å². The molecule has 1 aromatic carbocycles. The van der Waals surface area contributed by atoms with E-state index in [0.717, 1.165) is 19.5 Å². The number of nitrogens with one attached hydrogen (secondary N) is 1. The largest absolute Gasteiger partial charge is 0.317 e. The van der Waals surface area contributed by atoms with Crippen molar-refractivity contribution in [3.8, 4) is 0 Å². The summed E-state index contributed by atoms with van der Waals surface area (Å²) in [5, 5.41) is 2.94. The SMILES string of the molecule is O=S(=O)(CCc1ccccc1F)C1CCCNCC1. The van der Waals surface area contributed by atoms with Crippen LogP contribution in [0.3, 0.4) is 0 Å². The molecule has 1 N–H and O–H groups in total. The van der Waals surface area contributed by atoms with Gasteiger partial charge in [0, 0.05) is 0 Å². The number of hydrogen-bond donors (Lipinski definition) is 1. The van der Waals surface area contributed by atoms with E-state index in [0.29, 0.717) is 18.4 Å². The molecule has 0 radical (unpaired) electrons. The molecule has 0 aliphatic carbocycles. The van der Waals surface area contributed by atoms with Gasteiger partial charge < -0.3 is 5.32 Å². The molecule has 106 valence electrons. The van der Waals surface area contributed by atoms with Crippen molar-refractivity contribution in [2.75, 3.05) is 18.8 Å². The van der Waals surface area contributed by atoms with Gasteiger partial charge in [-0.15, -0.1) is 0 Å². The van der Waals surface area contributed by atoms with E-state index in [1.807, 2.05) is 0 Å². The van der Waals surface area contributed by atoms with E-state index < -0.39 is 9.84 Å². The highest BCUT2D eigenvalue weighted by Crippen LogP contribution is 2.17. The van der Waals surface area contributed by atoms with Crippen molar-refractivity contribution in [3.63, 3.8) is 0 Å². The van der Waals surface area contributed by atoms with E-state index in [4.69, 9.17) is 0 Å². The first kappa shape index (κ1) is 14.5. The van der Waals surface area contributed by atoms with E-state index in [-0.39, 0.29) is 23.2 Å². The summed E-state index contributed by atoms with van der Waals surface area (Å²) in [4.78, 5) is 0. The van der Waals surface area contributed by atoms with Crippen molar-refractivity contribution in [2.24, 2.45) is 0 Å². The van der Waals surface area contributed by atoms with Crippen molar-refractivity contribution in [2.45, 2.75) is 30.9 Å². The summed E-state index contributed by atoms with van der Waals surface area (Å²) in [6.45, 7) is 1.64. The Labute approximate surface area is 114 Å². The zero-order valence-corrected chi connectivity index (χ0v) is 11.8. The second-order valence-corrected chi connectivity index (χ2v) is 7.41. The van der Waals surface area contributed by atoms with Gasteiger partial charge in [-0.2, -0.15) is 0 Å². The Bertz CT molecular complexity index is 508. The van der Waals surface area contributed by atoms with Gasteiger partial charge in [0.1, 0.15) is 5.82 Å². The van der Waals surface area contributed by atoms with Crippen LogP contribution in [0, 0.1) is 5.82 Å². The van der Waals surface area contributed by atoms with Crippen molar-refractivity contribution >= 4 is 9.84 Å². The average Bonchev–Trinajstić information content (AvgIpc) is 2.67. The highest BCUT2D eigenvalue weighted by Gasteiger charge is 2.26. The first-order valence-corrected chi connectivity index (χ1v) is 8.47. The Hall–Kier alpha value is -0.940. The van der Waals surface area contributed by atoms with Gasteiger partial charge in [0.05, 0.1) is 11.0 Å². The number of halogens is 1. The number of sulfone groups is 1. The number of rotatable bonds is 4. The Balaban J connectivity index is 1.99. The molecule has 0 amide bonds. The molecule has 1 heterocycles. The van der Waals surface area contributed by atoms with E-state index in [1.54, 1.807) is 18.2 Å². The maximum atomic E-state index is 13.5. The monoisotopic (exact) mass is 285 g/mol. The minimum Gasteiger partial charge on any atom is -0.317 e. The van der Waals surface area contributed by atoms with Crippen molar-refractivity contribution in [3.05, 3.63) is 35.6 Å². The second-order valence-electron chi connectivity index (χ2n) is 5.01. The van der Waals surface area contributed by atoms with Crippen LogP contribution in [0.1, 0.15) is 24.8 Å². The lowest BCUT2D eigenvalue weighted by atomic mass is 10.2. The topological polar surface area (TPSA) is 46.2 Å². The van der Waals surface area contributed by atoms with Crippen LogP contribution in [-0.2, 0) is 16.3 Å². The minimum atomic E-state index is -3.13. The first-order valence-electron chi connectivity index (χ1n) is 6.75. The van der Waals surface area contributed by atoms with E-state index in [1.165, 1.54) is 6.07 Å². The Morgan fingerprint density at radius 3 is 2.79 bits per heavy atom. The van der Waals surface area contributed by atoms with Crippen molar-refractivity contribution < 1.29 is 12.8 Å². The molecular formula is C14H20FNO2S. The molecule has 2 rings (SSSR count). The van der Waals surface area contributed by atoms with Crippen molar-refractivity contribution in [1.82, 2.24) is 5.32 Å². The number of aryl methyl sites for hydroxylation is 1. The molecule has 1 saturated heterocycles. The molecule has 1 aromatic rings. The highest BCUT2D eigenvalue weighted by molar-refractivity contribution is 7.92. The molecule has 1 unspecified atom stereocenters. The summed E-state index contributed by atoms with van der Waals surface area (Å²) < 4.78 is 38.0. The van der Waals surface area contributed by atoms with Crippen LogP contribution < -0.4 is 5.32 Å². The van der Waals surface area contributed by atoms with Crippen LogP contribution in [0.25, 0.3) is 0 Å². The van der Waals surface area contributed by atoms with E-state index in [2.05, 4.69) is 5.32 Å². The molecule has 19 heavy (non-hydrogen) atoms. The van der Waals surface area contributed by atoms with E-state index >= 15 is 0 Å². The number of benzene rings is 1. The third-order valence-electron chi connectivity index (χ3n) is 3.64. The van der Waals surface area contributed by atoms with Gasteiger partial charge >= 0.3 is 0 Å². The quantitative estimate of drug-likeness (QED) is 0.919. The Morgan fingerprint density at radius 2 is 2.00 bits per heavy atom. The van der Waals surface area contributed by atoms with E-state index in [9.17, 15) is 12.8 Å². The maximum absolute atomic E-state index is 13.5. The van der Waals surface area contributed by atoms with Gasteiger partial charge in [-0.05, 0) is 50.4 Å². The van der Waals surface area contributed by atoms with Crippen LogP contribution in [0.5, 0.6) is 0 Å². The average molecular weight is 285 g/mol. The fraction of sp³-hybridized carbons (Fsp3) is 0.571. The molecule has 1 atom stereocenters. The normalized spacial score (nSPS) is 21.0. The highest BCUT2D eigenvalue weighted by atomic mass is 32.2. The summed E-state index contributed by atoms with van der Waals surface area (Å²) in [7, 11) is -3.13. The lowest BCUT2D eigenvalue weighted by Gasteiger charge is -2.14. The van der Waals surface area contributed by atoms with Gasteiger partial charge in [0.15, 0.2) is 9.84 Å². The summed E-state index contributed by atoms with van der Waals surface area (Å²) in [5.74, 6) is -0.279. The smallest absolute Gasteiger partial charge is 0.153 e. The lowest BCUT2D eigenvalue weighted by molar-refractivity contribution is 0.564. The minimum absolute atomic E-state index is 0.0403. The fourth-order valence-corrected chi connectivity index (χ4v) is 4.31. The molecule has 3 nitrogen and oxygen atoms in total. The molecule has 1 aliphatic rings. The van der Waals surface area contributed by atoms with Crippen LogP contribution in [-0.4, -0.2) is 32.5 Å². The molecule has 1 fully saturated rings. The molecular weight excluding hydrogens is 265 g/mol. The molecule has 1 aliphatic heterocycles. The lowest BCUT2D eigenvalue weighted by Crippen LogP contribution is -2.26. The third kappa shape index (κ3) is 4.01. The predicted molar refractivity (Wildman–Crippen MR) is 74.4 cm³/mol. The van der Waals surface area contributed by atoms with Gasteiger partial charge in [-0.3, -0.25) is 0 Å². The van der Waals surface area contributed by atoms with Gasteiger partial charge in [0.2, 0.25) is 0 Å². The molecule has 0 saturated carbocycles. The molecule has 5 heteroatoms. The number of hydrogen-bond acceptors (Lipinski definition) is 3. The summed E-state index contributed by atoms with van der Waals surface area (Å²) >= 11 is 0. The molecule has 0 bridgehead atoms. The molecule has 0 aromatic heterocycles. The third-order valence-corrected chi connectivity index (χ3v) is 5.90.